The first-order valence-electron chi connectivity index (χ1n) is 5.19. The molecule has 0 aliphatic carbocycles. The Labute approximate surface area is 89.3 Å². The van der Waals surface area contributed by atoms with Crippen molar-refractivity contribution in [3.63, 3.8) is 0 Å². The first-order valence-corrected chi connectivity index (χ1v) is 5.19. The summed E-state index contributed by atoms with van der Waals surface area (Å²) in [4.78, 5) is 2.08. The molecule has 0 saturated carbocycles. The van der Waals surface area contributed by atoms with Crippen LogP contribution in [0.15, 0.2) is 18.2 Å². The second kappa shape index (κ2) is 3.58. The Morgan fingerprint density at radius 1 is 1.47 bits per heavy atom. The van der Waals surface area contributed by atoms with Gasteiger partial charge in [0.2, 0.25) is 0 Å². The standard InChI is InChI=1S/C12H16FNO/c1-9-7-10(3-4-11(9)13)12(15)5-6-14(2)8-12/h3-4,7,15H,5-6,8H2,1-2H3. The molecule has 1 heterocycles. The minimum absolute atomic E-state index is 0.214. The molecule has 1 unspecified atom stereocenters. The fourth-order valence-electron chi connectivity index (χ4n) is 2.15. The summed E-state index contributed by atoms with van der Waals surface area (Å²) in [5.41, 5.74) is 0.619. The average Bonchev–Trinajstić information content (AvgIpc) is 2.52. The molecule has 0 spiro atoms. The molecule has 2 nitrogen and oxygen atoms in total. The van der Waals surface area contributed by atoms with Gasteiger partial charge in [-0.15, -0.1) is 0 Å². The third-order valence-electron chi connectivity index (χ3n) is 3.13. The highest BCUT2D eigenvalue weighted by molar-refractivity contribution is 5.29. The minimum atomic E-state index is -0.798. The van der Waals surface area contributed by atoms with Gasteiger partial charge < -0.3 is 10.0 Å². The van der Waals surface area contributed by atoms with Gasteiger partial charge in [-0.3, -0.25) is 0 Å². The van der Waals surface area contributed by atoms with Crippen LogP contribution >= 0.6 is 0 Å². The Morgan fingerprint density at radius 3 is 2.73 bits per heavy atom. The molecule has 1 fully saturated rings. The maximum absolute atomic E-state index is 13.1. The van der Waals surface area contributed by atoms with Gasteiger partial charge in [0.15, 0.2) is 0 Å². The van der Waals surface area contributed by atoms with Gasteiger partial charge in [0.25, 0.3) is 0 Å². The summed E-state index contributed by atoms with van der Waals surface area (Å²) >= 11 is 0. The highest BCUT2D eigenvalue weighted by atomic mass is 19.1. The van der Waals surface area contributed by atoms with E-state index in [1.165, 1.54) is 6.07 Å². The number of hydrogen-bond donors (Lipinski definition) is 1. The summed E-state index contributed by atoms with van der Waals surface area (Å²) in [6.45, 7) is 3.23. The number of β-amino-alcohol motifs (C(OH)–C–C–N with tert-alkyl or cyclic N) is 1. The van der Waals surface area contributed by atoms with Crippen LogP contribution in [-0.2, 0) is 5.60 Å². The average molecular weight is 209 g/mol. The highest BCUT2D eigenvalue weighted by Gasteiger charge is 2.36. The van der Waals surface area contributed by atoms with Crippen LogP contribution in [0.5, 0.6) is 0 Å². The molecule has 15 heavy (non-hydrogen) atoms. The van der Waals surface area contributed by atoms with Crippen LogP contribution in [0.25, 0.3) is 0 Å². The Hall–Kier alpha value is -0.930. The fourth-order valence-corrected chi connectivity index (χ4v) is 2.15. The molecule has 82 valence electrons. The Balaban J connectivity index is 2.33. The Morgan fingerprint density at radius 2 is 2.20 bits per heavy atom. The van der Waals surface area contributed by atoms with E-state index in [4.69, 9.17) is 0 Å². The van der Waals surface area contributed by atoms with Crippen molar-refractivity contribution in [1.29, 1.82) is 0 Å². The van der Waals surface area contributed by atoms with E-state index >= 15 is 0 Å². The van der Waals surface area contributed by atoms with Gasteiger partial charge in [-0.2, -0.15) is 0 Å². The number of rotatable bonds is 1. The zero-order valence-electron chi connectivity index (χ0n) is 9.13. The lowest BCUT2D eigenvalue weighted by atomic mass is 9.92. The number of hydrogen-bond acceptors (Lipinski definition) is 2. The van der Waals surface area contributed by atoms with E-state index < -0.39 is 5.60 Å². The van der Waals surface area contributed by atoms with Crippen LogP contribution in [0.1, 0.15) is 17.5 Å². The number of benzene rings is 1. The van der Waals surface area contributed by atoms with E-state index in [1.54, 1.807) is 19.1 Å². The number of likely N-dealkylation sites (N-methyl/N-ethyl adjacent to an activating group) is 1. The summed E-state index contributed by atoms with van der Waals surface area (Å²) in [6.07, 6.45) is 0.717. The number of halogens is 1. The van der Waals surface area contributed by atoms with Gasteiger partial charge in [-0.05, 0) is 37.6 Å². The molecule has 0 bridgehead atoms. The molecule has 1 N–H and O–H groups in total. The molecule has 1 aromatic rings. The van der Waals surface area contributed by atoms with Crippen molar-refractivity contribution in [1.82, 2.24) is 4.90 Å². The van der Waals surface area contributed by atoms with Gasteiger partial charge >= 0.3 is 0 Å². The number of aliphatic hydroxyl groups is 1. The number of aryl methyl sites for hydroxylation is 1. The van der Waals surface area contributed by atoms with Crippen molar-refractivity contribution in [3.05, 3.63) is 35.1 Å². The predicted octanol–water partition coefficient (Wildman–Crippen LogP) is 1.66. The van der Waals surface area contributed by atoms with E-state index in [0.29, 0.717) is 18.5 Å². The van der Waals surface area contributed by atoms with E-state index in [0.717, 1.165) is 12.1 Å². The quantitative estimate of drug-likeness (QED) is 0.760. The molecular weight excluding hydrogens is 193 g/mol. The highest BCUT2D eigenvalue weighted by Crippen LogP contribution is 2.31. The molecule has 1 aliphatic rings. The summed E-state index contributed by atoms with van der Waals surface area (Å²) in [6, 6.07) is 4.86. The van der Waals surface area contributed by atoms with Gasteiger partial charge in [-0.1, -0.05) is 12.1 Å². The second-order valence-electron chi connectivity index (χ2n) is 4.48. The van der Waals surface area contributed by atoms with E-state index in [1.807, 2.05) is 7.05 Å². The lowest BCUT2D eigenvalue weighted by Crippen LogP contribution is -2.29. The van der Waals surface area contributed by atoms with Crippen LogP contribution in [0.4, 0.5) is 4.39 Å². The molecule has 2 rings (SSSR count). The first kappa shape index (κ1) is 10.6. The van der Waals surface area contributed by atoms with Gasteiger partial charge in [0.05, 0.1) is 0 Å². The van der Waals surface area contributed by atoms with Gasteiger partial charge in [0, 0.05) is 13.1 Å². The monoisotopic (exact) mass is 209 g/mol. The molecule has 3 heteroatoms. The zero-order chi connectivity index (χ0) is 11.1. The Kier molecular flexibility index (Phi) is 2.52. The first-order chi connectivity index (χ1) is 7.01. The molecule has 0 radical (unpaired) electrons. The molecule has 1 aromatic carbocycles. The zero-order valence-corrected chi connectivity index (χ0v) is 9.13. The van der Waals surface area contributed by atoms with E-state index in [-0.39, 0.29) is 5.82 Å². The largest absolute Gasteiger partial charge is 0.384 e. The maximum atomic E-state index is 13.1. The van der Waals surface area contributed by atoms with Crippen LogP contribution in [-0.4, -0.2) is 30.1 Å². The Bertz CT molecular complexity index is 380. The van der Waals surface area contributed by atoms with E-state index in [9.17, 15) is 9.50 Å². The van der Waals surface area contributed by atoms with Crippen LogP contribution < -0.4 is 0 Å². The molecular formula is C12H16FNO. The summed E-state index contributed by atoms with van der Waals surface area (Å²) in [5.74, 6) is -0.214. The lowest BCUT2D eigenvalue weighted by molar-refractivity contribution is 0.0488. The molecule has 1 aliphatic heterocycles. The maximum Gasteiger partial charge on any atom is 0.126 e. The normalized spacial score (nSPS) is 27.2. The van der Waals surface area contributed by atoms with Crippen LogP contribution in [0.3, 0.4) is 0 Å². The van der Waals surface area contributed by atoms with Crippen molar-refractivity contribution in [2.24, 2.45) is 0 Å². The predicted molar refractivity (Wildman–Crippen MR) is 57.1 cm³/mol. The SMILES string of the molecule is Cc1cc(C2(O)CCN(C)C2)ccc1F. The lowest BCUT2D eigenvalue weighted by Gasteiger charge is -2.23. The van der Waals surface area contributed by atoms with Gasteiger partial charge in [-0.25, -0.2) is 4.39 Å². The number of nitrogens with zero attached hydrogens (tertiary/aromatic N) is 1. The molecule has 1 atom stereocenters. The molecule has 0 amide bonds. The summed E-state index contributed by atoms with van der Waals surface area (Å²) < 4.78 is 13.1. The topological polar surface area (TPSA) is 23.5 Å². The van der Waals surface area contributed by atoms with Crippen molar-refractivity contribution in [3.8, 4) is 0 Å². The second-order valence-corrected chi connectivity index (χ2v) is 4.48. The smallest absolute Gasteiger partial charge is 0.126 e. The van der Waals surface area contributed by atoms with Crippen molar-refractivity contribution in [2.45, 2.75) is 18.9 Å². The molecule has 1 saturated heterocycles. The third-order valence-corrected chi connectivity index (χ3v) is 3.13. The number of likely N-dealkylation sites (tertiary alicyclic amines) is 1. The third kappa shape index (κ3) is 1.90. The summed E-state index contributed by atoms with van der Waals surface area (Å²) in [5, 5.41) is 10.4. The van der Waals surface area contributed by atoms with Crippen LogP contribution in [0, 0.1) is 12.7 Å². The summed E-state index contributed by atoms with van der Waals surface area (Å²) in [7, 11) is 1.98. The van der Waals surface area contributed by atoms with Crippen molar-refractivity contribution < 1.29 is 9.50 Å². The van der Waals surface area contributed by atoms with Gasteiger partial charge in [0.1, 0.15) is 11.4 Å². The van der Waals surface area contributed by atoms with Crippen molar-refractivity contribution in [2.75, 3.05) is 20.1 Å². The minimum Gasteiger partial charge on any atom is -0.384 e. The van der Waals surface area contributed by atoms with E-state index in [2.05, 4.69) is 4.90 Å². The van der Waals surface area contributed by atoms with Crippen molar-refractivity contribution >= 4 is 0 Å². The molecule has 0 aromatic heterocycles. The van der Waals surface area contributed by atoms with Crippen LogP contribution in [0.2, 0.25) is 0 Å². The fraction of sp³-hybridized carbons (Fsp3) is 0.500.